The number of para-hydroxylation sites is 1. The topological polar surface area (TPSA) is 77.6 Å². The number of halogens is 4. The summed E-state index contributed by atoms with van der Waals surface area (Å²) in [6, 6.07) is 11.3. The summed E-state index contributed by atoms with van der Waals surface area (Å²) < 4.78 is 57.4. The number of hydrogen-bond acceptors (Lipinski definition) is 4. The molecule has 0 unspecified atom stereocenters. The minimum atomic E-state index is -4.95. The highest BCUT2D eigenvalue weighted by Gasteiger charge is 2.41. The molecule has 0 aliphatic rings. The highest BCUT2D eigenvalue weighted by Crippen LogP contribution is 2.34. The number of aryl methyl sites for hydroxylation is 1. The molecule has 0 aliphatic carbocycles. The first-order valence-corrected chi connectivity index (χ1v) is 8.91. The Labute approximate surface area is 173 Å². The van der Waals surface area contributed by atoms with Crippen LogP contribution in [0.25, 0.3) is 17.1 Å². The Bertz CT molecular complexity index is 1260. The predicted molar refractivity (Wildman–Crippen MR) is 103 cm³/mol. The third-order valence-electron chi connectivity index (χ3n) is 4.45. The molecule has 4 aromatic rings. The normalized spacial score (nSPS) is 11.5. The van der Waals surface area contributed by atoms with Gasteiger partial charge in [0.25, 0.3) is 5.91 Å². The molecule has 0 spiro atoms. The van der Waals surface area contributed by atoms with Crippen LogP contribution in [-0.4, -0.2) is 30.5 Å². The Hall–Kier alpha value is -4.02. The molecule has 0 radical (unpaired) electrons. The van der Waals surface area contributed by atoms with Gasteiger partial charge in [0.2, 0.25) is 0 Å². The van der Waals surface area contributed by atoms with E-state index in [0.29, 0.717) is 16.1 Å². The van der Waals surface area contributed by atoms with Gasteiger partial charge in [0.05, 0.1) is 11.8 Å². The van der Waals surface area contributed by atoms with E-state index in [2.05, 4.69) is 20.6 Å². The van der Waals surface area contributed by atoms with E-state index in [1.165, 1.54) is 24.5 Å². The van der Waals surface area contributed by atoms with Crippen molar-refractivity contribution in [3.8, 4) is 17.1 Å². The molecular formula is C20H14F4N6O. The molecule has 0 saturated carbocycles. The van der Waals surface area contributed by atoms with E-state index in [9.17, 15) is 22.4 Å². The Balaban J connectivity index is 1.70. The van der Waals surface area contributed by atoms with Gasteiger partial charge in [-0.25, -0.2) is 9.07 Å². The molecule has 7 nitrogen and oxygen atoms in total. The van der Waals surface area contributed by atoms with Gasteiger partial charge in [-0.15, -0.1) is 10.2 Å². The lowest BCUT2D eigenvalue weighted by Crippen LogP contribution is -2.21. The SMILES string of the molecule is Cn1cnnc1-c1cccc(NC(=O)c2cnn(-c3ccccc3F)c2C(F)(F)F)c1. The zero-order valence-electron chi connectivity index (χ0n) is 15.9. The summed E-state index contributed by atoms with van der Waals surface area (Å²) in [6.45, 7) is 0. The first-order valence-electron chi connectivity index (χ1n) is 8.91. The van der Waals surface area contributed by atoms with Crippen molar-refractivity contribution in [1.82, 2.24) is 24.5 Å². The van der Waals surface area contributed by atoms with E-state index < -0.39 is 34.8 Å². The summed E-state index contributed by atoms with van der Waals surface area (Å²) in [4.78, 5) is 12.7. The average Bonchev–Trinajstić information content (AvgIpc) is 3.35. The van der Waals surface area contributed by atoms with E-state index in [0.717, 1.165) is 18.3 Å². The van der Waals surface area contributed by atoms with E-state index >= 15 is 0 Å². The van der Waals surface area contributed by atoms with Crippen LogP contribution in [0.2, 0.25) is 0 Å². The Kier molecular flexibility index (Phi) is 5.01. The molecule has 158 valence electrons. The smallest absolute Gasteiger partial charge is 0.322 e. The molecule has 0 saturated heterocycles. The summed E-state index contributed by atoms with van der Waals surface area (Å²) in [5, 5.41) is 13.8. The van der Waals surface area contributed by atoms with Crippen molar-refractivity contribution in [2.24, 2.45) is 7.05 Å². The third-order valence-corrected chi connectivity index (χ3v) is 4.45. The molecule has 2 aromatic carbocycles. The average molecular weight is 430 g/mol. The second kappa shape index (κ2) is 7.67. The summed E-state index contributed by atoms with van der Waals surface area (Å²) in [5.41, 5.74) is -1.68. The lowest BCUT2D eigenvalue weighted by Gasteiger charge is -2.13. The molecule has 0 bridgehead atoms. The van der Waals surface area contributed by atoms with Crippen molar-refractivity contribution in [1.29, 1.82) is 0 Å². The fraction of sp³-hybridized carbons (Fsp3) is 0.100. The van der Waals surface area contributed by atoms with Gasteiger partial charge in [0.15, 0.2) is 11.5 Å². The molecule has 0 aliphatic heterocycles. The fourth-order valence-corrected chi connectivity index (χ4v) is 3.07. The minimum Gasteiger partial charge on any atom is -0.322 e. The zero-order chi connectivity index (χ0) is 22.2. The van der Waals surface area contributed by atoms with Gasteiger partial charge in [-0.3, -0.25) is 4.79 Å². The molecule has 31 heavy (non-hydrogen) atoms. The van der Waals surface area contributed by atoms with Gasteiger partial charge in [0.1, 0.15) is 17.8 Å². The monoisotopic (exact) mass is 430 g/mol. The van der Waals surface area contributed by atoms with Crippen LogP contribution in [0.3, 0.4) is 0 Å². The number of carbonyl (C=O) groups is 1. The summed E-state index contributed by atoms with van der Waals surface area (Å²) >= 11 is 0. The molecule has 0 atom stereocenters. The number of hydrogen-bond donors (Lipinski definition) is 1. The van der Waals surface area contributed by atoms with E-state index in [4.69, 9.17) is 0 Å². The molecule has 1 N–H and O–H groups in total. The molecule has 0 fully saturated rings. The quantitative estimate of drug-likeness (QED) is 0.495. The van der Waals surface area contributed by atoms with Crippen molar-refractivity contribution >= 4 is 11.6 Å². The van der Waals surface area contributed by atoms with Gasteiger partial charge in [-0.2, -0.15) is 18.3 Å². The Morgan fingerprint density at radius 3 is 2.55 bits per heavy atom. The van der Waals surface area contributed by atoms with Crippen molar-refractivity contribution < 1.29 is 22.4 Å². The van der Waals surface area contributed by atoms with Crippen molar-refractivity contribution in [3.05, 3.63) is 78.1 Å². The number of rotatable bonds is 4. The number of nitrogens with one attached hydrogen (secondary N) is 1. The van der Waals surface area contributed by atoms with Crippen LogP contribution >= 0.6 is 0 Å². The number of alkyl halides is 3. The van der Waals surface area contributed by atoms with E-state index in [-0.39, 0.29) is 5.69 Å². The van der Waals surface area contributed by atoms with Crippen molar-refractivity contribution in [2.45, 2.75) is 6.18 Å². The summed E-state index contributed by atoms with van der Waals surface area (Å²) in [6.07, 6.45) is -2.70. The minimum absolute atomic E-state index is 0.247. The highest BCUT2D eigenvalue weighted by atomic mass is 19.4. The highest BCUT2D eigenvalue weighted by molar-refractivity contribution is 6.05. The standard InChI is InChI=1S/C20H14F4N6O/c1-29-11-25-28-18(29)12-5-4-6-13(9-12)27-19(31)14-10-26-30(17(14)20(22,23)24)16-8-3-2-7-15(16)21/h2-11H,1H3,(H,27,31). The molecule has 2 heterocycles. The molecular weight excluding hydrogens is 416 g/mol. The first kappa shape index (κ1) is 20.3. The third kappa shape index (κ3) is 3.89. The lowest BCUT2D eigenvalue weighted by molar-refractivity contribution is -0.143. The van der Waals surface area contributed by atoms with Gasteiger partial charge >= 0.3 is 6.18 Å². The van der Waals surface area contributed by atoms with Crippen LogP contribution in [0.4, 0.5) is 23.2 Å². The number of anilines is 1. The number of amides is 1. The van der Waals surface area contributed by atoms with E-state index in [1.54, 1.807) is 29.8 Å². The van der Waals surface area contributed by atoms with Gasteiger partial charge < -0.3 is 9.88 Å². The lowest BCUT2D eigenvalue weighted by atomic mass is 10.1. The maximum atomic E-state index is 14.1. The zero-order valence-corrected chi connectivity index (χ0v) is 15.9. The van der Waals surface area contributed by atoms with Crippen LogP contribution in [0, 0.1) is 5.82 Å². The Morgan fingerprint density at radius 1 is 1.10 bits per heavy atom. The number of benzene rings is 2. The Morgan fingerprint density at radius 2 is 1.87 bits per heavy atom. The first-order chi connectivity index (χ1) is 14.8. The molecule has 4 rings (SSSR count). The summed E-state index contributed by atoms with van der Waals surface area (Å²) in [7, 11) is 1.73. The largest absolute Gasteiger partial charge is 0.434 e. The van der Waals surface area contributed by atoms with Crippen LogP contribution in [0.5, 0.6) is 0 Å². The molecule has 11 heteroatoms. The summed E-state index contributed by atoms with van der Waals surface area (Å²) in [5.74, 6) is -1.43. The van der Waals surface area contributed by atoms with Gasteiger partial charge in [-0.1, -0.05) is 24.3 Å². The van der Waals surface area contributed by atoms with Crippen LogP contribution in [-0.2, 0) is 13.2 Å². The molecule has 2 aromatic heterocycles. The van der Waals surface area contributed by atoms with Crippen LogP contribution in [0.15, 0.2) is 61.1 Å². The molecule has 1 amide bonds. The second-order valence-electron chi connectivity index (χ2n) is 6.57. The maximum absolute atomic E-state index is 14.1. The fourth-order valence-electron chi connectivity index (χ4n) is 3.07. The number of aromatic nitrogens is 5. The van der Waals surface area contributed by atoms with Crippen LogP contribution < -0.4 is 5.32 Å². The number of nitrogens with zero attached hydrogens (tertiary/aromatic N) is 5. The second-order valence-corrected chi connectivity index (χ2v) is 6.57. The van der Waals surface area contributed by atoms with Crippen molar-refractivity contribution in [2.75, 3.05) is 5.32 Å². The van der Waals surface area contributed by atoms with Gasteiger partial charge in [-0.05, 0) is 24.3 Å². The maximum Gasteiger partial charge on any atom is 0.434 e. The van der Waals surface area contributed by atoms with Crippen LogP contribution in [0.1, 0.15) is 16.1 Å². The predicted octanol–water partition coefficient (Wildman–Crippen LogP) is 4.08. The van der Waals surface area contributed by atoms with Gasteiger partial charge in [0, 0.05) is 18.3 Å². The number of carbonyl (C=O) groups excluding carboxylic acids is 1. The van der Waals surface area contributed by atoms with E-state index in [1.807, 2.05) is 0 Å². The van der Waals surface area contributed by atoms with Crippen molar-refractivity contribution in [3.63, 3.8) is 0 Å².